The van der Waals surface area contributed by atoms with Crippen LogP contribution in [-0.2, 0) is 0 Å². The molecule has 0 spiro atoms. The second-order valence-electron chi connectivity index (χ2n) is 3.43. The van der Waals surface area contributed by atoms with E-state index in [1.807, 2.05) is 18.2 Å². The van der Waals surface area contributed by atoms with Crippen LogP contribution in [0.4, 0.5) is 0 Å². The van der Waals surface area contributed by atoms with Crippen LogP contribution in [0.2, 0.25) is 0 Å². The summed E-state index contributed by atoms with van der Waals surface area (Å²) in [5, 5.41) is 0. The van der Waals surface area contributed by atoms with Crippen molar-refractivity contribution in [3.05, 3.63) is 23.8 Å². The Bertz CT molecular complexity index is 366. The van der Waals surface area contributed by atoms with Crippen LogP contribution in [0.25, 0.3) is 0 Å². The van der Waals surface area contributed by atoms with E-state index < -0.39 is 0 Å². The minimum absolute atomic E-state index is 0.342. The van der Waals surface area contributed by atoms with Gasteiger partial charge >= 0.3 is 0 Å². The van der Waals surface area contributed by atoms with E-state index in [4.69, 9.17) is 27.4 Å². The molecule has 0 aliphatic heterocycles. The molecule has 88 valence electrons. The Morgan fingerprint density at radius 1 is 1.44 bits per heavy atom. The maximum Gasteiger partial charge on any atom is 0.133 e. The summed E-state index contributed by atoms with van der Waals surface area (Å²) in [5.74, 6) is 1.44. The van der Waals surface area contributed by atoms with Gasteiger partial charge in [0.1, 0.15) is 16.5 Å². The van der Waals surface area contributed by atoms with Gasteiger partial charge in [-0.15, -0.1) is 0 Å². The standard InChI is InChI=1S/C12H17NO2S/c1-3-4-7-15-11-8-9(14-2)5-6-10(11)12(13)16/h5-6,8H,3-4,7H2,1-2H3,(H2,13,16). The molecule has 0 aliphatic carbocycles. The Morgan fingerprint density at radius 3 is 2.75 bits per heavy atom. The molecular formula is C12H17NO2S. The summed E-state index contributed by atoms with van der Waals surface area (Å²) in [5.41, 5.74) is 6.38. The normalized spacial score (nSPS) is 9.88. The lowest BCUT2D eigenvalue weighted by molar-refractivity contribution is 0.306. The van der Waals surface area contributed by atoms with E-state index >= 15 is 0 Å². The van der Waals surface area contributed by atoms with Crippen molar-refractivity contribution < 1.29 is 9.47 Å². The maximum atomic E-state index is 5.63. The number of nitrogens with two attached hydrogens (primary N) is 1. The van der Waals surface area contributed by atoms with Crippen LogP contribution in [-0.4, -0.2) is 18.7 Å². The molecule has 0 bridgehead atoms. The van der Waals surface area contributed by atoms with E-state index in [2.05, 4.69) is 6.92 Å². The first-order valence-electron chi connectivity index (χ1n) is 5.29. The third kappa shape index (κ3) is 3.38. The lowest BCUT2D eigenvalue weighted by Crippen LogP contribution is -2.12. The molecule has 0 saturated heterocycles. The zero-order chi connectivity index (χ0) is 12.0. The van der Waals surface area contributed by atoms with Crippen LogP contribution in [0, 0.1) is 0 Å². The summed E-state index contributed by atoms with van der Waals surface area (Å²) >= 11 is 4.96. The Morgan fingerprint density at radius 2 is 2.19 bits per heavy atom. The lowest BCUT2D eigenvalue weighted by Gasteiger charge is -2.11. The highest BCUT2D eigenvalue weighted by molar-refractivity contribution is 7.80. The molecule has 1 rings (SSSR count). The maximum absolute atomic E-state index is 5.63. The highest BCUT2D eigenvalue weighted by atomic mass is 32.1. The van der Waals surface area contributed by atoms with Gasteiger partial charge in [-0.05, 0) is 18.6 Å². The Balaban J connectivity index is 2.87. The van der Waals surface area contributed by atoms with Gasteiger partial charge in [0.2, 0.25) is 0 Å². The number of benzene rings is 1. The van der Waals surface area contributed by atoms with Crippen molar-refractivity contribution in [1.82, 2.24) is 0 Å². The van der Waals surface area contributed by atoms with Gasteiger partial charge in [0, 0.05) is 6.07 Å². The SMILES string of the molecule is CCCCOc1cc(OC)ccc1C(N)=S. The number of unbranched alkanes of at least 4 members (excludes halogenated alkanes) is 1. The second-order valence-corrected chi connectivity index (χ2v) is 3.87. The van der Waals surface area contributed by atoms with Crippen LogP contribution >= 0.6 is 12.2 Å². The minimum atomic E-state index is 0.342. The van der Waals surface area contributed by atoms with Crippen LogP contribution in [0.15, 0.2) is 18.2 Å². The molecule has 0 saturated carbocycles. The zero-order valence-corrected chi connectivity index (χ0v) is 10.5. The number of hydrogen-bond donors (Lipinski definition) is 1. The number of ether oxygens (including phenoxy) is 2. The summed E-state index contributed by atoms with van der Waals surface area (Å²) < 4.78 is 10.8. The van der Waals surface area contributed by atoms with E-state index in [0.29, 0.717) is 17.3 Å². The molecule has 1 aromatic rings. The summed E-state index contributed by atoms with van der Waals surface area (Å²) in [7, 11) is 1.62. The Hall–Kier alpha value is -1.29. The lowest BCUT2D eigenvalue weighted by atomic mass is 10.2. The number of rotatable bonds is 6. The monoisotopic (exact) mass is 239 g/mol. The first kappa shape index (κ1) is 12.8. The van der Waals surface area contributed by atoms with Crippen LogP contribution < -0.4 is 15.2 Å². The van der Waals surface area contributed by atoms with Crippen molar-refractivity contribution >= 4 is 17.2 Å². The molecule has 3 nitrogen and oxygen atoms in total. The van der Waals surface area contributed by atoms with Gasteiger partial charge in [-0.1, -0.05) is 25.6 Å². The summed E-state index contributed by atoms with van der Waals surface area (Å²) in [6, 6.07) is 5.45. The Kier molecular flexibility index (Phi) is 5.05. The molecule has 1 aromatic carbocycles. The van der Waals surface area contributed by atoms with E-state index in [9.17, 15) is 0 Å². The van der Waals surface area contributed by atoms with Gasteiger partial charge in [-0.2, -0.15) is 0 Å². The number of thiocarbonyl (C=S) groups is 1. The van der Waals surface area contributed by atoms with Crippen LogP contribution in [0.1, 0.15) is 25.3 Å². The molecule has 4 heteroatoms. The van der Waals surface area contributed by atoms with Gasteiger partial charge in [0.15, 0.2) is 0 Å². The fourth-order valence-corrected chi connectivity index (χ4v) is 1.45. The van der Waals surface area contributed by atoms with E-state index in [0.717, 1.165) is 24.2 Å². The first-order chi connectivity index (χ1) is 7.69. The largest absolute Gasteiger partial charge is 0.497 e. The number of hydrogen-bond acceptors (Lipinski definition) is 3. The van der Waals surface area contributed by atoms with Gasteiger partial charge in [0.05, 0.1) is 19.3 Å². The fourth-order valence-electron chi connectivity index (χ4n) is 1.28. The molecule has 0 radical (unpaired) electrons. The average Bonchev–Trinajstić information content (AvgIpc) is 2.29. The molecule has 0 heterocycles. The number of methoxy groups -OCH3 is 1. The summed E-state index contributed by atoms with van der Waals surface area (Å²) in [6.45, 7) is 2.78. The van der Waals surface area contributed by atoms with Crippen LogP contribution in [0.3, 0.4) is 0 Å². The molecule has 0 aromatic heterocycles. The summed E-state index contributed by atoms with van der Waals surface area (Å²) in [4.78, 5) is 0.342. The van der Waals surface area contributed by atoms with Gasteiger partial charge < -0.3 is 15.2 Å². The molecular weight excluding hydrogens is 222 g/mol. The molecule has 0 fully saturated rings. The van der Waals surface area contributed by atoms with Crippen molar-refractivity contribution in [2.45, 2.75) is 19.8 Å². The topological polar surface area (TPSA) is 44.5 Å². The van der Waals surface area contributed by atoms with E-state index in [-0.39, 0.29) is 0 Å². The first-order valence-corrected chi connectivity index (χ1v) is 5.70. The van der Waals surface area contributed by atoms with Crippen molar-refractivity contribution in [3.63, 3.8) is 0 Å². The summed E-state index contributed by atoms with van der Waals surface area (Å²) in [6.07, 6.45) is 2.10. The van der Waals surface area contributed by atoms with E-state index in [1.165, 1.54) is 0 Å². The Labute approximate surface area is 102 Å². The highest BCUT2D eigenvalue weighted by Gasteiger charge is 2.07. The molecule has 16 heavy (non-hydrogen) atoms. The second kappa shape index (κ2) is 6.33. The van der Waals surface area contributed by atoms with Crippen molar-refractivity contribution in [1.29, 1.82) is 0 Å². The van der Waals surface area contributed by atoms with Crippen molar-refractivity contribution in [2.24, 2.45) is 5.73 Å². The molecule has 0 unspecified atom stereocenters. The third-order valence-electron chi connectivity index (χ3n) is 2.21. The van der Waals surface area contributed by atoms with E-state index in [1.54, 1.807) is 7.11 Å². The van der Waals surface area contributed by atoms with Crippen molar-refractivity contribution in [3.8, 4) is 11.5 Å². The zero-order valence-electron chi connectivity index (χ0n) is 9.66. The predicted octanol–water partition coefficient (Wildman–Crippen LogP) is 2.51. The molecule has 2 N–H and O–H groups in total. The van der Waals surface area contributed by atoms with Crippen molar-refractivity contribution in [2.75, 3.05) is 13.7 Å². The minimum Gasteiger partial charge on any atom is -0.497 e. The smallest absolute Gasteiger partial charge is 0.133 e. The molecule has 0 aliphatic rings. The quantitative estimate of drug-likeness (QED) is 0.612. The highest BCUT2D eigenvalue weighted by Crippen LogP contribution is 2.25. The average molecular weight is 239 g/mol. The molecule has 0 atom stereocenters. The van der Waals surface area contributed by atoms with Gasteiger partial charge in [-0.3, -0.25) is 0 Å². The van der Waals surface area contributed by atoms with Crippen LogP contribution in [0.5, 0.6) is 11.5 Å². The third-order valence-corrected chi connectivity index (χ3v) is 2.43. The fraction of sp³-hybridized carbons (Fsp3) is 0.417. The predicted molar refractivity (Wildman–Crippen MR) is 69.3 cm³/mol. The van der Waals surface area contributed by atoms with Gasteiger partial charge in [-0.25, -0.2) is 0 Å². The molecule has 0 amide bonds. The van der Waals surface area contributed by atoms with Gasteiger partial charge in [0.25, 0.3) is 0 Å².